The molecule has 0 saturated carbocycles. The molecule has 0 aliphatic rings. The molecule has 19 heavy (non-hydrogen) atoms. The zero-order valence-corrected chi connectivity index (χ0v) is 11.3. The van der Waals surface area contributed by atoms with Crippen molar-refractivity contribution >= 4 is 28.6 Å². The SMILES string of the molecule is CNc1cn2ccnc2c(NCCc2cscn2)n1. The molecular formula is C12H14N6S. The van der Waals surface area contributed by atoms with E-state index in [4.69, 9.17) is 0 Å². The average Bonchev–Trinajstić information content (AvgIpc) is 3.08. The fourth-order valence-electron chi connectivity index (χ4n) is 1.84. The maximum Gasteiger partial charge on any atom is 0.180 e. The van der Waals surface area contributed by atoms with E-state index in [1.54, 1.807) is 17.5 Å². The molecule has 3 rings (SSSR count). The second-order valence-electron chi connectivity index (χ2n) is 4.04. The number of hydrogen-bond acceptors (Lipinski definition) is 6. The lowest BCUT2D eigenvalue weighted by atomic mass is 10.3. The first kappa shape index (κ1) is 11.9. The summed E-state index contributed by atoms with van der Waals surface area (Å²) >= 11 is 1.61. The average molecular weight is 274 g/mol. The number of imidazole rings is 1. The number of anilines is 2. The highest BCUT2D eigenvalue weighted by Crippen LogP contribution is 2.16. The Morgan fingerprint density at radius 3 is 3.11 bits per heavy atom. The maximum absolute atomic E-state index is 4.49. The minimum absolute atomic E-state index is 0.784. The van der Waals surface area contributed by atoms with Crippen LogP contribution in [0.2, 0.25) is 0 Å². The summed E-state index contributed by atoms with van der Waals surface area (Å²) in [6, 6.07) is 0. The summed E-state index contributed by atoms with van der Waals surface area (Å²) in [6.07, 6.45) is 6.46. The zero-order chi connectivity index (χ0) is 13.1. The quantitative estimate of drug-likeness (QED) is 0.743. The van der Waals surface area contributed by atoms with Crippen LogP contribution in [0.3, 0.4) is 0 Å². The molecule has 0 amide bonds. The molecule has 0 spiro atoms. The van der Waals surface area contributed by atoms with Gasteiger partial charge in [-0.15, -0.1) is 11.3 Å². The Balaban J connectivity index is 1.77. The van der Waals surface area contributed by atoms with Gasteiger partial charge in [-0.2, -0.15) is 0 Å². The number of nitrogens with zero attached hydrogens (tertiary/aromatic N) is 4. The van der Waals surface area contributed by atoms with Gasteiger partial charge in [-0.3, -0.25) is 0 Å². The van der Waals surface area contributed by atoms with E-state index in [0.29, 0.717) is 0 Å². The summed E-state index contributed by atoms with van der Waals surface area (Å²) in [5.74, 6) is 1.59. The summed E-state index contributed by atoms with van der Waals surface area (Å²) in [5, 5.41) is 8.42. The summed E-state index contributed by atoms with van der Waals surface area (Å²) in [4.78, 5) is 13.1. The van der Waals surface area contributed by atoms with Crippen molar-refractivity contribution in [1.29, 1.82) is 0 Å². The van der Waals surface area contributed by atoms with Gasteiger partial charge in [-0.25, -0.2) is 15.0 Å². The Morgan fingerprint density at radius 1 is 1.37 bits per heavy atom. The zero-order valence-electron chi connectivity index (χ0n) is 10.5. The van der Waals surface area contributed by atoms with Crippen molar-refractivity contribution in [1.82, 2.24) is 19.4 Å². The van der Waals surface area contributed by atoms with E-state index in [1.165, 1.54) is 0 Å². The first-order chi connectivity index (χ1) is 9.36. The van der Waals surface area contributed by atoms with Gasteiger partial charge in [0.25, 0.3) is 0 Å². The molecule has 3 aromatic rings. The van der Waals surface area contributed by atoms with Gasteiger partial charge in [0.1, 0.15) is 5.82 Å². The first-order valence-electron chi connectivity index (χ1n) is 5.99. The van der Waals surface area contributed by atoms with Gasteiger partial charge in [0, 0.05) is 37.8 Å². The van der Waals surface area contributed by atoms with Crippen LogP contribution in [0.25, 0.3) is 5.65 Å². The number of nitrogens with one attached hydrogen (secondary N) is 2. The normalized spacial score (nSPS) is 10.8. The number of fused-ring (bicyclic) bond motifs is 1. The first-order valence-corrected chi connectivity index (χ1v) is 6.93. The Morgan fingerprint density at radius 2 is 2.32 bits per heavy atom. The van der Waals surface area contributed by atoms with Gasteiger partial charge in [-0.1, -0.05) is 0 Å². The minimum atomic E-state index is 0.784. The van der Waals surface area contributed by atoms with Gasteiger partial charge in [0.2, 0.25) is 0 Å². The Bertz CT molecular complexity index is 660. The molecular weight excluding hydrogens is 260 g/mol. The van der Waals surface area contributed by atoms with Crippen LogP contribution in [0.15, 0.2) is 29.5 Å². The van der Waals surface area contributed by atoms with Gasteiger partial charge in [0.05, 0.1) is 17.4 Å². The third-order valence-corrected chi connectivity index (χ3v) is 3.42. The molecule has 7 heteroatoms. The Hall–Kier alpha value is -2.15. The van der Waals surface area contributed by atoms with E-state index in [2.05, 4.69) is 31.0 Å². The standard InChI is InChI=1S/C12H14N6S/c1-13-10-6-18-5-4-15-12(18)11(17-10)14-3-2-9-7-19-8-16-9/h4-8,13H,2-3H2,1H3,(H,14,17). The van der Waals surface area contributed by atoms with Crippen LogP contribution in [0, 0.1) is 0 Å². The van der Waals surface area contributed by atoms with Crippen molar-refractivity contribution in [2.24, 2.45) is 0 Å². The monoisotopic (exact) mass is 274 g/mol. The third kappa shape index (κ3) is 2.50. The second-order valence-corrected chi connectivity index (χ2v) is 4.76. The van der Waals surface area contributed by atoms with Crippen molar-refractivity contribution in [2.45, 2.75) is 6.42 Å². The second kappa shape index (κ2) is 5.23. The highest BCUT2D eigenvalue weighted by Gasteiger charge is 2.06. The lowest BCUT2D eigenvalue weighted by molar-refractivity contribution is 0.964. The summed E-state index contributed by atoms with van der Waals surface area (Å²) in [5.41, 5.74) is 3.78. The smallest absolute Gasteiger partial charge is 0.180 e. The van der Waals surface area contributed by atoms with Crippen molar-refractivity contribution < 1.29 is 0 Å². The summed E-state index contributed by atoms with van der Waals surface area (Å²) in [7, 11) is 1.85. The largest absolute Gasteiger partial charge is 0.372 e. The highest BCUT2D eigenvalue weighted by molar-refractivity contribution is 7.07. The van der Waals surface area contributed by atoms with Crippen molar-refractivity contribution in [2.75, 3.05) is 24.2 Å². The van der Waals surface area contributed by atoms with Gasteiger partial charge < -0.3 is 15.0 Å². The molecule has 0 saturated heterocycles. The van der Waals surface area contributed by atoms with Crippen LogP contribution in [0.5, 0.6) is 0 Å². The van der Waals surface area contributed by atoms with E-state index >= 15 is 0 Å². The molecule has 0 fully saturated rings. The van der Waals surface area contributed by atoms with E-state index in [9.17, 15) is 0 Å². The number of rotatable bonds is 5. The summed E-state index contributed by atoms with van der Waals surface area (Å²) in [6.45, 7) is 0.784. The lowest BCUT2D eigenvalue weighted by Crippen LogP contribution is -2.09. The third-order valence-electron chi connectivity index (χ3n) is 2.79. The van der Waals surface area contributed by atoms with Crippen molar-refractivity contribution in [3.63, 3.8) is 0 Å². The van der Waals surface area contributed by atoms with Crippen molar-refractivity contribution in [3.8, 4) is 0 Å². The highest BCUT2D eigenvalue weighted by atomic mass is 32.1. The predicted octanol–water partition coefficient (Wildman–Crippen LogP) is 1.88. The van der Waals surface area contributed by atoms with E-state index in [-0.39, 0.29) is 0 Å². The minimum Gasteiger partial charge on any atom is -0.372 e. The van der Waals surface area contributed by atoms with Gasteiger partial charge >= 0.3 is 0 Å². The molecule has 0 unspecified atom stereocenters. The maximum atomic E-state index is 4.49. The number of aromatic nitrogens is 4. The van der Waals surface area contributed by atoms with Gasteiger partial charge in [0.15, 0.2) is 11.5 Å². The van der Waals surface area contributed by atoms with E-state index in [0.717, 1.165) is 35.9 Å². The molecule has 98 valence electrons. The molecule has 2 N–H and O–H groups in total. The Labute approximate surface area is 114 Å². The van der Waals surface area contributed by atoms with Gasteiger partial charge in [-0.05, 0) is 0 Å². The molecule has 3 aromatic heterocycles. The fraction of sp³-hybridized carbons (Fsp3) is 0.250. The topological polar surface area (TPSA) is 67.1 Å². The van der Waals surface area contributed by atoms with E-state index in [1.807, 2.05) is 29.4 Å². The van der Waals surface area contributed by atoms with E-state index < -0.39 is 0 Å². The van der Waals surface area contributed by atoms with Crippen LogP contribution in [-0.2, 0) is 6.42 Å². The number of thiazole rings is 1. The lowest BCUT2D eigenvalue weighted by Gasteiger charge is -2.08. The summed E-state index contributed by atoms with van der Waals surface area (Å²) < 4.78 is 1.95. The predicted molar refractivity (Wildman–Crippen MR) is 76.8 cm³/mol. The van der Waals surface area contributed by atoms with Crippen LogP contribution >= 0.6 is 11.3 Å². The van der Waals surface area contributed by atoms with Crippen molar-refractivity contribution in [3.05, 3.63) is 35.2 Å². The Kier molecular flexibility index (Phi) is 3.28. The molecule has 0 bridgehead atoms. The molecule has 6 nitrogen and oxygen atoms in total. The van der Waals surface area contributed by atoms with Crippen LogP contribution in [0.4, 0.5) is 11.6 Å². The molecule has 0 aromatic carbocycles. The molecule has 0 aliphatic carbocycles. The van der Waals surface area contributed by atoms with Crippen LogP contribution in [-0.4, -0.2) is 32.9 Å². The van der Waals surface area contributed by atoms with Crippen LogP contribution < -0.4 is 10.6 Å². The van der Waals surface area contributed by atoms with Crippen LogP contribution in [0.1, 0.15) is 5.69 Å². The molecule has 3 heterocycles. The fourth-order valence-corrected chi connectivity index (χ4v) is 2.43. The molecule has 0 atom stereocenters. The molecule has 0 aliphatic heterocycles. The number of hydrogen-bond donors (Lipinski definition) is 2. The molecule has 0 radical (unpaired) electrons.